The van der Waals surface area contributed by atoms with Crippen molar-refractivity contribution in [3.63, 3.8) is 0 Å². The lowest BCUT2D eigenvalue weighted by Crippen LogP contribution is -2.25. The molecule has 1 aromatic carbocycles. The fraction of sp³-hybridized carbons (Fsp3) is 0.273. The number of carbonyl (C=O) groups is 1. The molecule has 0 saturated heterocycles. The van der Waals surface area contributed by atoms with Crippen molar-refractivity contribution in [1.29, 1.82) is 5.26 Å². The van der Waals surface area contributed by atoms with Crippen LogP contribution in [0, 0.1) is 23.0 Å². The Kier molecular flexibility index (Phi) is 3.95. The molecule has 0 spiro atoms. The topological polar surface area (TPSA) is 44.1 Å². The third-order valence-corrected chi connectivity index (χ3v) is 2.03. The van der Waals surface area contributed by atoms with Crippen molar-refractivity contribution < 1.29 is 13.6 Å². The quantitative estimate of drug-likeness (QED) is 0.784. The van der Waals surface area contributed by atoms with E-state index in [1.165, 1.54) is 11.0 Å². The summed E-state index contributed by atoms with van der Waals surface area (Å²) in [4.78, 5) is 12.6. The van der Waals surface area contributed by atoms with Gasteiger partial charge in [-0.05, 0) is 12.1 Å². The molecule has 5 heteroatoms. The highest BCUT2D eigenvalue weighted by atomic mass is 19.2. The molecule has 3 nitrogen and oxygen atoms in total. The molecule has 0 aliphatic carbocycles. The Balaban J connectivity index is 2.74. The summed E-state index contributed by atoms with van der Waals surface area (Å²) in [5.41, 5.74) is 0.394. The van der Waals surface area contributed by atoms with Crippen molar-refractivity contribution in [1.82, 2.24) is 0 Å². The molecule has 0 radical (unpaired) electrons. The minimum atomic E-state index is -0.961. The molecule has 0 heterocycles. The highest BCUT2D eigenvalue weighted by Crippen LogP contribution is 2.16. The molecule has 0 amide bonds. The molecular weight excluding hydrogens is 214 g/mol. The number of hydrogen-bond acceptors (Lipinski definition) is 3. The Labute approximate surface area is 91.9 Å². The van der Waals surface area contributed by atoms with E-state index in [0.29, 0.717) is 5.69 Å². The molecule has 0 aliphatic rings. The van der Waals surface area contributed by atoms with E-state index < -0.39 is 11.6 Å². The number of ketones is 1. The summed E-state index contributed by atoms with van der Waals surface area (Å²) in [5, 5.41) is 8.30. The summed E-state index contributed by atoms with van der Waals surface area (Å²) in [6.45, 7) is -0.00136. The number of hydrogen-bond donors (Lipinski definition) is 0. The number of Topliss-reactive ketones (excluding diaryl/α,β-unsaturated/α-hetero) is 1. The Morgan fingerprint density at radius 3 is 2.69 bits per heavy atom. The second-order valence-electron chi connectivity index (χ2n) is 3.33. The highest BCUT2D eigenvalue weighted by molar-refractivity contribution is 5.85. The first-order valence-corrected chi connectivity index (χ1v) is 4.59. The third-order valence-electron chi connectivity index (χ3n) is 2.03. The van der Waals surface area contributed by atoms with Crippen molar-refractivity contribution in [2.75, 3.05) is 18.5 Å². The second-order valence-corrected chi connectivity index (χ2v) is 3.33. The first kappa shape index (κ1) is 12.1. The van der Waals surface area contributed by atoms with E-state index in [0.717, 1.165) is 12.1 Å². The zero-order chi connectivity index (χ0) is 12.1. The van der Waals surface area contributed by atoms with Gasteiger partial charge < -0.3 is 4.90 Å². The molecule has 0 aromatic heterocycles. The SMILES string of the molecule is CN(CC(=O)CC#N)c1ccc(F)c(F)c1. The van der Waals surface area contributed by atoms with Gasteiger partial charge >= 0.3 is 0 Å². The number of rotatable bonds is 4. The molecule has 16 heavy (non-hydrogen) atoms. The van der Waals surface area contributed by atoms with Gasteiger partial charge in [-0.15, -0.1) is 0 Å². The van der Waals surface area contributed by atoms with E-state index in [-0.39, 0.29) is 18.7 Å². The Hall–Kier alpha value is -1.96. The number of halogens is 2. The average molecular weight is 224 g/mol. The molecule has 0 saturated carbocycles. The van der Waals surface area contributed by atoms with Crippen LogP contribution in [0.2, 0.25) is 0 Å². The minimum absolute atomic E-state index is 0.00136. The lowest BCUT2D eigenvalue weighted by Gasteiger charge is -2.17. The van der Waals surface area contributed by atoms with Gasteiger partial charge in [0.05, 0.1) is 19.0 Å². The van der Waals surface area contributed by atoms with Gasteiger partial charge in [0, 0.05) is 18.8 Å². The molecule has 0 N–H and O–H groups in total. The van der Waals surface area contributed by atoms with Crippen molar-refractivity contribution in [2.45, 2.75) is 6.42 Å². The van der Waals surface area contributed by atoms with Gasteiger partial charge in [0.15, 0.2) is 17.4 Å². The number of benzene rings is 1. The number of nitrogens with zero attached hydrogens (tertiary/aromatic N) is 2. The maximum Gasteiger partial charge on any atom is 0.166 e. The third kappa shape index (κ3) is 3.02. The Bertz CT molecular complexity index is 440. The molecule has 1 rings (SSSR count). The normalized spacial score (nSPS) is 9.62. The largest absolute Gasteiger partial charge is 0.367 e. The molecule has 0 fully saturated rings. The maximum atomic E-state index is 12.9. The van der Waals surface area contributed by atoms with Crippen LogP contribution in [0.5, 0.6) is 0 Å². The summed E-state index contributed by atoms with van der Waals surface area (Å²) in [6, 6.07) is 5.11. The smallest absolute Gasteiger partial charge is 0.166 e. The van der Waals surface area contributed by atoms with Crippen LogP contribution in [0.15, 0.2) is 18.2 Å². The molecular formula is C11H10F2N2O. The second kappa shape index (κ2) is 5.21. The number of nitriles is 1. The van der Waals surface area contributed by atoms with E-state index in [9.17, 15) is 13.6 Å². The van der Waals surface area contributed by atoms with E-state index in [1.54, 1.807) is 13.1 Å². The zero-order valence-corrected chi connectivity index (χ0v) is 8.70. The van der Waals surface area contributed by atoms with Gasteiger partial charge in [-0.2, -0.15) is 5.26 Å². The van der Waals surface area contributed by atoms with Crippen LogP contribution in [0.1, 0.15) is 6.42 Å². The van der Waals surface area contributed by atoms with Crippen LogP contribution in [0.25, 0.3) is 0 Å². The van der Waals surface area contributed by atoms with Crippen molar-refractivity contribution in [3.8, 4) is 6.07 Å². The molecule has 0 atom stereocenters. The molecule has 0 unspecified atom stereocenters. The summed E-state index contributed by atoms with van der Waals surface area (Å²) < 4.78 is 25.5. The van der Waals surface area contributed by atoms with Crippen LogP contribution in [0.4, 0.5) is 14.5 Å². The zero-order valence-electron chi connectivity index (χ0n) is 8.70. The lowest BCUT2D eigenvalue weighted by atomic mass is 10.2. The molecule has 0 bridgehead atoms. The first-order chi connectivity index (χ1) is 7.54. The van der Waals surface area contributed by atoms with E-state index in [1.807, 2.05) is 0 Å². The van der Waals surface area contributed by atoms with Crippen LogP contribution in [-0.4, -0.2) is 19.4 Å². The Morgan fingerprint density at radius 2 is 2.12 bits per heavy atom. The lowest BCUT2D eigenvalue weighted by molar-refractivity contribution is -0.116. The summed E-state index contributed by atoms with van der Waals surface area (Å²) >= 11 is 0. The van der Waals surface area contributed by atoms with Gasteiger partial charge in [-0.25, -0.2) is 8.78 Å². The van der Waals surface area contributed by atoms with E-state index in [2.05, 4.69) is 0 Å². The predicted molar refractivity (Wildman–Crippen MR) is 54.9 cm³/mol. The number of anilines is 1. The van der Waals surface area contributed by atoms with Crippen LogP contribution in [0.3, 0.4) is 0 Å². The van der Waals surface area contributed by atoms with Crippen LogP contribution < -0.4 is 4.90 Å². The summed E-state index contributed by atoms with van der Waals surface area (Å²) in [7, 11) is 1.57. The van der Waals surface area contributed by atoms with Crippen LogP contribution >= 0.6 is 0 Å². The van der Waals surface area contributed by atoms with Gasteiger partial charge in [0.1, 0.15) is 0 Å². The monoisotopic (exact) mass is 224 g/mol. The summed E-state index contributed by atoms with van der Waals surface area (Å²) in [6.07, 6.45) is -0.186. The predicted octanol–water partition coefficient (Wildman–Crippen LogP) is 1.88. The first-order valence-electron chi connectivity index (χ1n) is 4.59. The average Bonchev–Trinajstić information content (AvgIpc) is 2.22. The van der Waals surface area contributed by atoms with E-state index >= 15 is 0 Å². The standard InChI is InChI=1S/C11H10F2N2O/c1-15(7-9(16)4-5-14)8-2-3-10(12)11(13)6-8/h2-3,6H,4,7H2,1H3. The van der Waals surface area contributed by atoms with Crippen molar-refractivity contribution >= 4 is 11.5 Å². The fourth-order valence-electron chi connectivity index (χ4n) is 1.22. The van der Waals surface area contributed by atoms with E-state index in [4.69, 9.17) is 5.26 Å². The summed E-state index contributed by atoms with van der Waals surface area (Å²) in [5.74, 6) is -2.16. The maximum absolute atomic E-state index is 12.9. The van der Waals surface area contributed by atoms with Crippen LogP contribution in [-0.2, 0) is 4.79 Å². The molecule has 0 aliphatic heterocycles. The van der Waals surface area contributed by atoms with Gasteiger partial charge in [0.2, 0.25) is 0 Å². The van der Waals surface area contributed by atoms with Gasteiger partial charge in [0.25, 0.3) is 0 Å². The van der Waals surface area contributed by atoms with Crippen molar-refractivity contribution in [2.24, 2.45) is 0 Å². The fourth-order valence-corrected chi connectivity index (χ4v) is 1.22. The molecule has 84 valence electrons. The van der Waals surface area contributed by atoms with Gasteiger partial charge in [-0.1, -0.05) is 0 Å². The number of carbonyl (C=O) groups excluding carboxylic acids is 1. The highest BCUT2D eigenvalue weighted by Gasteiger charge is 2.09. The number of likely N-dealkylation sites (N-methyl/N-ethyl adjacent to an activating group) is 1. The minimum Gasteiger partial charge on any atom is -0.367 e. The van der Waals surface area contributed by atoms with Crippen molar-refractivity contribution in [3.05, 3.63) is 29.8 Å². The molecule has 1 aromatic rings. The Morgan fingerprint density at radius 1 is 1.44 bits per heavy atom. The van der Waals surface area contributed by atoms with Gasteiger partial charge in [-0.3, -0.25) is 4.79 Å².